The van der Waals surface area contributed by atoms with Gasteiger partial charge in [0, 0.05) is 31.5 Å². The summed E-state index contributed by atoms with van der Waals surface area (Å²) in [5, 5.41) is 17.1. The molecule has 32 heavy (non-hydrogen) atoms. The van der Waals surface area contributed by atoms with Gasteiger partial charge >= 0.3 is 0 Å². The third-order valence-corrected chi connectivity index (χ3v) is 6.97. The number of halogens is 3. The van der Waals surface area contributed by atoms with Crippen LogP contribution in [-0.4, -0.2) is 51.2 Å². The van der Waals surface area contributed by atoms with Crippen molar-refractivity contribution < 1.29 is 9.84 Å². The molecule has 170 valence electrons. The van der Waals surface area contributed by atoms with Crippen LogP contribution in [-0.2, 0) is 6.54 Å². The maximum atomic E-state index is 10.9. The van der Waals surface area contributed by atoms with Crippen molar-refractivity contribution >= 4 is 40.5 Å². The van der Waals surface area contributed by atoms with Gasteiger partial charge in [-0.05, 0) is 37.8 Å². The molecule has 0 amide bonds. The van der Waals surface area contributed by atoms with Crippen LogP contribution in [0.1, 0.15) is 18.5 Å². The monoisotopic (exact) mass is 495 g/mol. The lowest BCUT2D eigenvalue weighted by Crippen LogP contribution is -2.39. The van der Waals surface area contributed by atoms with Crippen molar-refractivity contribution in [3.63, 3.8) is 0 Å². The van der Waals surface area contributed by atoms with E-state index in [1.165, 1.54) is 0 Å². The Kier molecular flexibility index (Phi) is 7.10. The summed E-state index contributed by atoms with van der Waals surface area (Å²) in [6.45, 7) is 3.79. The zero-order chi connectivity index (χ0) is 22.8. The Morgan fingerprint density at radius 2 is 1.81 bits per heavy atom. The van der Waals surface area contributed by atoms with Crippen molar-refractivity contribution in [2.24, 2.45) is 5.92 Å². The molecular formula is C22H24Cl3N5O2. The van der Waals surface area contributed by atoms with E-state index in [-0.39, 0.29) is 5.92 Å². The molecule has 1 aromatic carbocycles. The fraction of sp³-hybridized carbons (Fsp3) is 0.409. The number of benzene rings is 1. The first kappa shape index (κ1) is 23.1. The molecule has 1 aliphatic rings. The summed E-state index contributed by atoms with van der Waals surface area (Å²) in [5.41, 5.74) is 2.20. The summed E-state index contributed by atoms with van der Waals surface area (Å²) in [5.74, 6) is 1.20. The summed E-state index contributed by atoms with van der Waals surface area (Å²) in [6, 6.07) is 5.31. The predicted molar refractivity (Wildman–Crippen MR) is 127 cm³/mol. The smallest absolute Gasteiger partial charge is 0.181 e. The Hall–Kier alpha value is -2.06. The van der Waals surface area contributed by atoms with Crippen LogP contribution in [0.4, 0.5) is 5.69 Å². The van der Waals surface area contributed by atoms with Gasteiger partial charge in [0.15, 0.2) is 5.82 Å². The number of aromatic nitrogens is 4. The quantitative estimate of drug-likeness (QED) is 0.523. The van der Waals surface area contributed by atoms with E-state index in [1.54, 1.807) is 36.3 Å². The molecule has 4 rings (SSSR count). The second-order valence-corrected chi connectivity index (χ2v) is 9.02. The van der Waals surface area contributed by atoms with E-state index in [0.717, 1.165) is 37.3 Å². The average Bonchev–Trinajstić information content (AvgIpc) is 3.08. The fourth-order valence-electron chi connectivity index (χ4n) is 4.03. The van der Waals surface area contributed by atoms with E-state index < -0.39 is 6.10 Å². The first-order valence-corrected chi connectivity index (χ1v) is 11.5. The van der Waals surface area contributed by atoms with Crippen molar-refractivity contribution in [1.82, 2.24) is 19.7 Å². The number of methoxy groups -OCH3 is 1. The van der Waals surface area contributed by atoms with E-state index in [9.17, 15) is 5.11 Å². The van der Waals surface area contributed by atoms with Gasteiger partial charge in [-0.25, -0.2) is 9.97 Å². The van der Waals surface area contributed by atoms with Crippen molar-refractivity contribution in [3.05, 3.63) is 51.4 Å². The number of hydrogen-bond donors (Lipinski definition) is 1. The molecule has 1 aliphatic heterocycles. The number of hydrogen-bond acceptors (Lipinski definition) is 6. The van der Waals surface area contributed by atoms with Crippen LogP contribution in [0.3, 0.4) is 0 Å². The number of nitrogens with zero attached hydrogens (tertiary/aromatic N) is 5. The molecule has 0 spiro atoms. The van der Waals surface area contributed by atoms with Crippen LogP contribution in [0, 0.1) is 12.8 Å². The van der Waals surface area contributed by atoms with Gasteiger partial charge in [0.1, 0.15) is 11.4 Å². The third kappa shape index (κ3) is 4.66. The minimum absolute atomic E-state index is 0.137. The molecular weight excluding hydrogens is 473 g/mol. The van der Waals surface area contributed by atoms with Crippen LogP contribution in [0.2, 0.25) is 15.1 Å². The normalized spacial score (nSPS) is 15.8. The minimum atomic E-state index is -0.549. The van der Waals surface area contributed by atoms with Crippen molar-refractivity contribution in [2.75, 3.05) is 25.1 Å². The fourth-order valence-corrected chi connectivity index (χ4v) is 4.83. The summed E-state index contributed by atoms with van der Waals surface area (Å²) >= 11 is 19.0. The Morgan fingerprint density at radius 3 is 2.47 bits per heavy atom. The predicted octanol–water partition coefficient (Wildman–Crippen LogP) is 4.89. The summed E-state index contributed by atoms with van der Waals surface area (Å²) in [7, 11) is 1.58. The highest BCUT2D eigenvalue weighted by Gasteiger charge is 2.28. The van der Waals surface area contributed by atoms with E-state index in [1.807, 2.05) is 13.0 Å². The standard InChI is InChI=1S/C22H24Cl3N5O2/c1-13-20(25)21(22-26-6-3-7-27-22)28-30(13)12-18(31)14-4-8-29(9-5-14)17-11-19(32-2)16(24)10-15(17)23/h3,6-7,10-11,14,18,31H,4-5,8-9,12H2,1-2H3. The van der Waals surface area contributed by atoms with Crippen LogP contribution in [0.15, 0.2) is 30.6 Å². The lowest BCUT2D eigenvalue weighted by atomic mass is 9.91. The molecule has 2 aromatic heterocycles. The lowest BCUT2D eigenvalue weighted by Gasteiger charge is -2.36. The summed E-state index contributed by atoms with van der Waals surface area (Å²) in [4.78, 5) is 10.7. The van der Waals surface area contributed by atoms with Crippen molar-refractivity contribution in [2.45, 2.75) is 32.4 Å². The zero-order valence-corrected chi connectivity index (χ0v) is 20.1. The molecule has 0 radical (unpaired) electrons. The van der Waals surface area contributed by atoms with Gasteiger partial charge in [-0.2, -0.15) is 5.10 Å². The summed E-state index contributed by atoms with van der Waals surface area (Å²) in [6.07, 6.45) is 4.40. The SMILES string of the molecule is COc1cc(N2CCC(C(O)Cn3nc(-c4ncccn4)c(Cl)c3C)CC2)c(Cl)cc1Cl. The summed E-state index contributed by atoms with van der Waals surface area (Å²) < 4.78 is 7.07. The second-order valence-electron chi connectivity index (χ2n) is 7.83. The third-order valence-electron chi connectivity index (χ3n) is 5.92. The topological polar surface area (TPSA) is 76.3 Å². The molecule has 3 heterocycles. The highest BCUT2D eigenvalue weighted by Crippen LogP contribution is 2.38. The van der Waals surface area contributed by atoms with Gasteiger partial charge in [-0.3, -0.25) is 4.68 Å². The van der Waals surface area contributed by atoms with E-state index >= 15 is 0 Å². The molecule has 1 N–H and O–H groups in total. The van der Waals surface area contributed by atoms with Gasteiger partial charge in [0.25, 0.3) is 0 Å². The maximum Gasteiger partial charge on any atom is 0.181 e. The minimum Gasteiger partial charge on any atom is -0.495 e. The van der Waals surface area contributed by atoms with Crippen LogP contribution >= 0.6 is 34.8 Å². The molecule has 3 aromatic rings. The van der Waals surface area contributed by atoms with Gasteiger partial charge in [-0.1, -0.05) is 34.8 Å². The van der Waals surface area contributed by atoms with Crippen molar-refractivity contribution in [3.8, 4) is 17.3 Å². The van der Waals surface area contributed by atoms with E-state index in [0.29, 0.717) is 38.9 Å². The van der Waals surface area contributed by atoms with Gasteiger partial charge in [0.05, 0.1) is 46.2 Å². The lowest BCUT2D eigenvalue weighted by molar-refractivity contribution is 0.0729. The molecule has 0 aliphatic carbocycles. The first-order valence-electron chi connectivity index (χ1n) is 10.4. The van der Waals surface area contributed by atoms with E-state index in [4.69, 9.17) is 39.5 Å². The highest BCUT2D eigenvalue weighted by atomic mass is 35.5. The molecule has 1 atom stereocenters. The number of aliphatic hydroxyl groups is 1. The van der Waals surface area contributed by atoms with Gasteiger partial charge in [0.2, 0.25) is 0 Å². The first-order chi connectivity index (χ1) is 15.4. The molecule has 1 fully saturated rings. The number of rotatable bonds is 6. The maximum absolute atomic E-state index is 10.9. The Balaban J connectivity index is 1.42. The number of anilines is 1. The zero-order valence-electron chi connectivity index (χ0n) is 17.8. The molecule has 1 unspecified atom stereocenters. The van der Waals surface area contributed by atoms with Crippen LogP contribution in [0.25, 0.3) is 11.5 Å². The second kappa shape index (κ2) is 9.83. The van der Waals surface area contributed by atoms with E-state index in [2.05, 4.69) is 20.0 Å². The highest BCUT2D eigenvalue weighted by molar-refractivity contribution is 6.37. The molecule has 0 bridgehead atoms. The number of ether oxygens (including phenoxy) is 1. The van der Waals surface area contributed by atoms with Gasteiger partial charge < -0.3 is 14.7 Å². The largest absolute Gasteiger partial charge is 0.495 e. The number of aliphatic hydroxyl groups excluding tert-OH is 1. The van der Waals surface area contributed by atoms with Crippen LogP contribution in [0.5, 0.6) is 5.75 Å². The Labute approximate surface area is 201 Å². The van der Waals surface area contributed by atoms with Crippen LogP contribution < -0.4 is 9.64 Å². The van der Waals surface area contributed by atoms with Gasteiger partial charge in [-0.15, -0.1) is 0 Å². The number of piperidine rings is 1. The Morgan fingerprint density at radius 1 is 1.12 bits per heavy atom. The molecule has 7 nitrogen and oxygen atoms in total. The Bertz CT molecular complexity index is 1080. The molecule has 1 saturated heterocycles. The molecule has 10 heteroatoms. The van der Waals surface area contributed by atoms with Crippen molar-refractivity contribution in [1.29, 1.82) is 0 Å². The molecule has 0 saturated carbocycles. The average molecular weight is 497 g/mol.